The molecule has 0 aromatic rings. The second-order valence-electron chi connectivity index (χ2n) is 1.34. The van der Waals surface area contributed by atoms with Gasteiger partial charge in [0.2, 0.25) is 0 Å². The van der Waals surface area contributed by atoms with Gasteiger partial charge in [0.15, 0.2) is 0 Å². The monoisotopic (exact) mass is 103 g/mol. The summed E-state index contributed by atoms with van der Waals surface area (Å²) in [5.41, 5.74) is 1.18. The summed E-state index contributed by atoms with van der Waals surface area (Å²) < 4.78 is 5.02. The molecule has 0 spiro atoms. The van der Waals surface area contributed by atoms with Crippen LogP contribution in [0.1, 0.15) is 13.8 Å². The van der Waals surface area contributed by atoms with Crippen molar-refractivity contribution in [2.24, 2.45) is 0 Å². The molecule has 0 heterocycles. The molecule has 37 valence electrons. The lowest BCUT2D eigenvalue weighted by atomic mass is 10.8. The van der Waals surface area contributed by atoms with Gasteiger partial charge in [-0.1, -0.05) is 0 Å². The van der Waals surface area contributed by atoms with E-state index in [1.54, 1.807) is 0 Å². The average Bonchev–Trinajstić information content (AvgIpc) is 1.35. The molecule has 2 heteroatoms. The highest BCUT2D eigenvalue weighted by molar-refractivity contribution is 6.16. The van der Waals surface area contributed by atoms with E-state index >= 15 is 0 Å². The second-order valence-corrected chi connectivity index (χ2v) is 2.75. The average molecular weight is 103 g/mol. The van der Waals surface area contributed by atoms with Crippen molar-refractivity contribution in [1.29, 1.82) is 0 Å². The third-order valence-corrected chi connectivity index (χ3v) is 0.722. The Bertz CT molecular complexity index is 28.7. The molecular weight excluding hydrogens is 92.1 g/mol. The Kier molecular flexibility index (Phi) is 3.47. The van der Waals surface area contributed by atoms with Gasteiger partial charge in [0.05, 0.1) is 5.73 Å². The molecule has 0 bridgehead atoms. The second kappa shape index (κ2) is 3.37. The molecule has 0 aromatic heterocycles. The zero-order valence-corrected chi connectivity index (χ0v) is 6.62. The quantitative estimate of drug-likeness (QED) is 0.443. The Morgan fingerprint density at radius 2 is 2.33 bits per heavy atom. The van der Waals surface area contributed by atoms with E-state index in [1.807, 2.05) is 13.8 Å². The van der Waals surface area contributed by atoms with Gasteiger partial charge in [0.1, 0.15) is 0 Å². The van der Waals surface area contributed by atoms with Crippen molar-refractivity contribution in [1.82, 2.24) is 0 Å². The molecule has 0 saturated carbocycles. The fourth-order valence-electron chi connectivity index (χ4n) is 0.289. The molecule has 1 nitrogen and oxygen atoms in total. The summed E-state index contributed by atoms with van der Waals surface area (Å²) in [4.78, 5) is 0. The Morgan fingerprint density at radius 1 is 1.83 bits per heavy atom. The first-order chi connectivity index (χ1) is 2.77. The van der Waals surface area contributed by atoms with Crippen molar-refractivity contribution in [3.05, 3.63) is 5.73 Å². The van der Waals surface area contributed by atoms with E-state index in [4.69, 9.17) is 4.74 Å². The maximum atomic E-state index is 5.02. The highest BCUT2D eigenvalue weighted by Gasteiger charge is 1.85. The molecule has 0 saturated heterocycles. The fourth-order valence-corrected chi connectivity index (χ4v) is 0.577. The van der Waals surface area contributed by atoms with Gasteiger partial charge >= 0.3 is 0 Å². The van der Waals surface area contributed by atoms with Crippen LogP contribution in [0.4, 0.5) is 0 Å². The molecular formula is C4H11OSi. The van der Waals surface area contributed by atoms with E-state index in [1.165, 1.54) is 5.73 Å². The minimum absolute atomic E-state index is 0.829. The van der Waals surface area contributed by atoms with Gasteiger partial charge in [-0.15, -0.1) is 0 Å². The van der Waals surface area contributed by atoms with Crippen molar-refractivity contribution < 1.29 is 4.74 Å². The molecule has 0 amide bonds. The Labute approximate surface area is 42.1 Å². The van der Waals surface area contributed by atoms with E-state index in [0.717, 1.165) is 16.8 Å². The molecule has 0 aliphatic rings. The van der Waals surface area contributed by atoms with Crippen molar-refractivity contribution in [2.75, 3.05) is 6.61 Å². The Balaban J connectivity index is 2.63. The summed E-state index contributed by atoms with van der Waals surface area (Å²) in [5.74, 6) is 0. The van der Waals surface area contributed by atoms with Gasteiger partial charge in [-0.05, 0) is 13.8 Å². The predicted octanol–water partition coefficient (Wildman–Crippen LogP) is -0.102. The summed E-state index contributed by atoms with van der Waals surface area (Å²) in [6.07, 6.45) is 0. The summed E-state index contributed by atoms with van der Waals surface area (Å²) in [7, 11) is 1.07. The minimum Gasteiger partial charge on any atom is -0.378 e. The third-order valence-electron chi connectivity index (χ3n) is 0.433. The van der Waals surface area contributed by atoms with E-state index in [9.17, 15) is 0 Å². The molecule has 1 radical (unpaired) electrons. The molecule has 0 unspecified atom stereocenters. The zero-order chi connectivity index (χ0) is 4.99. The van der Waals surface area contributed by atoms with Crippen LogP contribution >= 0.6 is 0 Å². The lowest BCUT2D eigenvalue weighted by Gasteiger charge is -1.99. The zero-order valence-electron chi connectivity index (χ0n) is 4.62. The number of ether oxygens (including phenoxy) is 1. The van der Waals surface area contributed by atoms with Crippen LogP contribution in [0, 0.1) is 5.73 Å². The molecule has 0 N–H and O–H groups in total. The summed E-state index contributed by atoms with van der Waals surface area (Å²) in [6.45, 7) is 4.84. The third kappa shape index (κ3) is 4.18. The van der Waals surface area contributed by atoms with Crippen LogP contribution in [0.3, 0.4) is 0 Å². The molecule has 0 atom stereocenters. The van der Waals surface area contributed by atoms with Gasteiger partial charge in [-0.25, -0.2) is 0 Å². The van der Waals surface area contributed by atoms with Gasteiger partial charge < -0.3 is 4.74 Å². The number of rotatable bonds is 2. The highest BCUT2D eigenvalue weighted by Crippen LogP contribution is 1.88. The molecule has 0 aliphatic heterocycles. The van der Waals surface area contributed by atoms with Crippen LogP contribution in [0.5, 0.6) is 0 Å². The Hall–Kier alpha value is 0.177. The normalized spacial score (nSPS) is 10.5. The molecule has 0 rings (SSSR count). The molecule has 0 fully saturated rings. The van der Waals surface area contributed by atoms with Crippen molar-refractivity contribution in [3.63, 3.8) is 0 Å². The first-order valence-electron chi connectivity index (χ1n) is 2.20. The lowest BCUT2D eigenvalue weighted by molar-refractivity contribution is 0.202. The lowest BCUT2D eigenvalue weighted by Crippen LogP contribution is -1.95. The molecule has 0 aliphatic carbocycles. The van der Waals surface area contributed by atoms with Gasteiger partial charge in [-0.3, -0.25) is 0 Å². The number of hydrogen-bond donors (Lipinski definition) is 0. The smallest absolute Gasteiger partial charge is 0.0697 e. The van der Waals surface area contributed by atoms with E-state index in [2.05, 4.69) is 0 Å². The Morgan fingerprint density at radius 3 is 2.33 bits per heavy atom. The van der Waals surface area contributed by atoms with E-state index < -0.39 is 0 Å². The van der Waals surface area contributed by atoms with Crippen LogP contribution in [0.25, 0.3) is 0 Å². The van der Waals surface area contributed by atoms with Crippen LogP contribution in [-0.2, 0) is 4.74 Å². The number of hydrogen-bond acceptors (Lipinski definition) is 1. The van der Waals surface area contributed by atoms with Crippen LogP contribution in [0.15, 0.2) is 0 Å². The van der Waals surface area contributed by atoms with Gasteiger partial charge in [0, 0.05) is 16.8 Å². The standard InChI is InChI=1S/C4H11OSi/c1-3-5-4(2)6/h3H2,1-2,6H3. The fraction of sp³-hybridized carbons (Fsp3) is 0.750. The van der Waals surface area contributed by atoms with Gasteiger partial charge in [-0.2, -0.15) is 0 Å². The van der Waals surface area contributed by atoms with Crippen molar-refractivity contribution in [2.45, 2.75) is 13.8 Å². The summed E-state index contributed by atoms with van der Waals surface area (Å²) in [6, 6.07) is 0. The van der Waals surface area contributed by atoms with Crippen LogP contribution in [-0.4, -0.2) is 16.8 Å². The summed E-state index contributed by atoms with van der Waals surface area (Å²) in [5, 5.41) is 0. The topological polar surface area (TPSA) is 9.23 Å². The first kappa shape index (κ1) is 6.18. The molecule has 6 heavy (non-hydrogen) atoms. The van der Waals surface area contributed by atoms with E-state index in [0.29, 0.717) is 0 Å². The SMILES string of the molecule is CCO[C](C)[SiH3]. The molecule has 0 aromatic carbocycles. The highest BCUT2D eigenvalue weighted by atomic mass is 28.1. The van der Waals surface area contributed by atoms with E-state index in [-0.39, 0.29) is 0 Å². The maximum absolute atomic E-state index is 5.02. The largest absolute Gasteiger partial charge is 0.378 e. The van der Waals surface area contributed by atoms with Crippen molar-refractivity contribution >= 4 is 10.2 Å². The van der Waals surface area contributed by atoms with Gasteiger partial charge in [0.25, 0.3) is 0 Å². The predicted molar refractivity (Wildman–Crippen MR) is 30.5 cm³/mol. The summed E-state index contributed by atoms with van der Waals surface area (Å²) >= 11 is 0. The maximum Gasteiger partial charge on any atom is 0.0697 e. The van der Waals surface area contributed by atoms with Crippen molar-refractivity contribution in [3.8, 4) is 0 Å². The van der Waals surface area contributed by atoms with Crippen LogP contribution in [0.2, 0.25) is 0 Å². The first-order valence-corrected chi connectivity index (χ1v) is 3.20. The minimum atomic E-state index is 0.829. The van der Waals surface area contributed by atoms with Crippen LogP contribution < -0.4 is 0 Å².